The number of amides is 2. The Balaban J connectivity index is 1.87. The number of methoxy groups -OCH3 is 2. The Morgan fingerprint density at radius 1 is 1.18 bits per heavy atom. The normalized spacial score (nSPS) is 17.4. The van der Waals surface area contributed by atoms with Gasteiger partial charge in [0.15, 0.2) is 0 Å². The summed E-state index contributed by atoms with van der Waals surface area (Å²) < 4.78 is 14.6. The van der Waals surface area contributed by atoms with Crippen LogP contribution in [0.5, 0.6) is 0 Å². The third-order valence-electron chi connectivity index (χ3n) is 5.06. The van der Waals surface area contributed by atoms with Crippen molar-refractivity contribution in [2.24, 2.45) is 5.92 Å². The van der Waals surface area contributed by atoms with Crippen LogP contribution in [-0.4, -0.2) is 43.7 Å². The lowest BCUT2D eigenvalue weighted by Gasteiger charge is -2.31. The highest BCUT2D eigenvalue weighted by Gasteiger charge is 2.44. The second-order valence-corrected chi connectivity index (χ2v) is 8.07. The minimum Gasteiger partial charge on any atom is -0.468 e. The molecule has 0 radical (unpaired) electrons. The van der Waals surface area contributed by atoms with Gasteiger partial charge >= 0.3 is 11.9 Å². The van der Waals surface area contributed by atoms with Crippen molar-refractivity contribution in [1.29, 1.82) is 5.26 Å². The molecule has 1 aliphatic heterocycles. The van der Waals surface area contributed by atoms with Crippen molar-refractivity contribution in [2.75, 3.05) is 20.0 Å². The van der Waals surface area contributed by atoms with E-state index in [1.54, 1.807) is 24.3 Å². The lowest BCUT2D eigenvalue weighted by molar-refractivity contribution is -0.150. The number of hydrogen-bond acceptors (Lipinski definition) is 9. The van der Waals surface area contributed by atoms with Crippen molar-refractivity contribution in [3.8, 4) is 6.07 Å². The molecule has 2 aromatic rings. The molecular formula is C23H21N3O7S. The first kappa shape index (κ1) is 24.6. The van der Waals surface area contributed by atoms with Gasteiger partial charge in [-0.1, -0.05) is 23.9 Å². The fourth-order valence-electron chi connectivity index (χ4n) is 3.41. The molecule has 0 saturated heterocycles. The first-order valence-corrected chi connectivity index (χ1v) is 11.0. The molecule has 0 spiro atoms. The Bertz CT molecular complexity index is 1150. The molecule has 2 atom stereocenters. The number of allylic oxidation sites excluding steroid dienone is 1. The van der Waals surface area contributed by atoms with E-state index < -0.39 is 29.7 Å². The molecule has 34 heavy (non-hydrogen) atoms. The summed E-state index contributed by atoms with van der Waals surface area (Å²) in [7, 11) is 2.40. The van der Waals surface area contributed by atoms with Crippen molar-refractivity contribution in [1.82, 2.24) is 10.6 Å². The quantitative estimate of drug-likeness (QED) is 0.424. The van der Waals surface area contributed by atoms with E-state index in [-0.39, 0.29) is 34.4 Å². The van der Waals surface area contributed by atoms with E-state index in [4.69, 9.17) is 9.15 Å². The molecule has 3 rings (SSSR count). The molecule has 1 aliphatic rings. The van der Waals surface area contributed by atoms with Gasteiger partial charge in [0.05, 0.1) is 55.0 Å². The summed E-state index contributed by atoms with van der Waals surface area (Å²) in [6.45, 7) is 0.197. The minimum absolute atomic E-state index is 0.0849. The summed E-state index contributed by atoms with van der Waals surface area (Å²) in [5.74, 6) is -4.15. The molecule has 0 unspecified atom stereocenters. The summed E-state index contributed by atoms with van der Waals surface area (Å²) in [4.78, 5) is 49.3. The number of nitrogens with one attached hydrogen (secondary N) is 2. The SMILES string of the molecule is COC(=O)c1ccc([C@H]2C(C#N)=C(SCC(=O)NCc3ccco3)NC(=O)[C@@H]2C(=O)OC)cc1. The van der Waals surface area contributed by atoms with Crippen molar-refractivity contribution in [3.05, 3.63) is 70.2 Å². The molecule has 0 bridgehead atoms. The molecule has 1 aromatic heterocycles. The first-order valence-electron chi connectivity index (χ1n) is 10.0. The molecule has 0 fully saturated rings. The zero-order valence-electron chi connectivity index (χ0n) is 18.3. The Morgan fingerprint density at radius 3 is 2.50 bits per heavy atom. The Kier molecular flexibility index (Phi) is 8.10. The van der Waals surface area contributed by atoms with Gasteiger partial charge in [-0.25, -0.2) is 4.79 Å². The summed E-state index contributed by atoms with van der Waals surface area (Å²) in [6.07, 6.45) is 1.49. The van der Waals surface area contributed by atoms with Crippen LogP contribution in [0, 0.1) is 17.2 Å². The number of furan rings is 1. The highest BCUT2D eigenvalue weighted by Crippen LogP contribution is 2.40. The van der Waals surface area contributed by atoms with Crippen LogP contribution < -0.4 is 10.6 Å². The lowest BCUT2D eigenvalue weighted by Crippen LogP contribution is -2.44. The molecule has 176 valence electrons. The third-order valence-corrected chi connectivity index (χ3v) is 6.08. The lowest BCUT2D eigenvalue weighted by atomic mass is 9.78. The molecule has 2 N–H and O–H groups in total. The Hall–Kier alpha value is -4.04. The zero-order chi connectivity index (χ0) is 24.7. The average molecular weight is 484 g/mol. The van der Waals surface area contributed by atoms with Crippen molar-refractivity contribution in [2.45, 2.75) is 12.5 Å². The van der Waals surface area contributed by atoms with E-state index in [1.165, 1.54) is 25.5 Å². The van der Waals surface area contributed by atoms with Gasteiger partial charge in [-0.05, 0) is 29.8 Å². The van der Waals surface area contributed by atoms with Gasteiger partial charge in [-0.2, -0.15) is 5.26 Å². The predicted molar refractivity (Wildman–Crippen MR) is 120 cm³/mol. The third kappa shape index (κ3) is 5.47. The monoisotopic (exact) mass is 483 g/mol. The van der Waals surface area contributed by atoms with Gasteiger partial charge in [-0.15, -0.1) is 0 Å². The molecule has 2 heterocycles. The maximum absolute atomic E-state index is 12.8. The smallest absolute Gasteiger partial charge is 0.337 e. The fourth-order valence-corrected chi connectivity index (χ4v) is 4.29. The first-order chi connectivity index (χ1) is 16.4. The van der Waals surface area contributed by atoms with Crippen molar-refractivity contribution in [3.63, 3.8) is 0 Å². The van der Waals surface area contributed by atoms with Crippen molar-refractivity contribution >= 4 is 35.5 Å². The van der Waals surface area contributed by atoms with Crippen LogP contribution >= 0.6 is 11.8 Å². The molecule has 0 aliphatic carbocycles. The zero-order valence-corrected chi connectivity index (χ0v) is 19.1. The van der Waals surface area contributed by atoms with Gasteiger partial charge in [0.1, 0.15) is 11.7 Å². The highest BCUT2D eigenvalue weighted by molar-refractivity contribution is 8.03. The Labute approximate surface area is 199 Å². The molecule has 11 heteroatoms. The van der Waals surface area contributed by atoms with Gasteiger partial charge in [0, 0.05) is 5.92 Å². The number of nitrogens with zero attached hydrogens (tertiary/aromatic N) is 1. The number of thioether (sulfide) groups is 1. The second kappa shape index (κ2) is 11.2. The largest absolute Gasteiger partial charge is 0.468 e. The van der Waals surface area contributed by atoms with Crippen LogP contribution in [0.4, 0.5) is 0 Å². The van der Waals surface area contributed by atoms with Crippen LogP contribution in [0.2, 0.25) is 0 Å². The van der Waals surface area contributed by atoms with Crippen LogP contribution in [-0.2, 0) is 30.4 Å². The number of ether oxygens (including phenoxy) is 2. The molecular weight excluding hydrogens is 462 g/mol. The van der Waals surface area contributed by atoms with Crippen LogP contribution in [0.15, 0.2) is 57.7 Å². The average Bonchev–Trinajstić information content (AvgIpc) is 3.38. The number of esters is 2. The van der Waals surface area contributed by atoms with Gasteiger partial charge < -0.3 is 24.5 Å². The van der Waals surface area contributed by atoms with E-state index >= 15 is 0 Å². The van der Waals surface area contributed by atoms with E-state index in [9.17, 15) is 24.4 Å². The van der Waals surface area contributed by atoms with Gasteiger partial charge in [-0.3, -0.25) is 14.4 Å². The highest BCUT2D eigenvalue weighted by atomic mass is 32.2. The standard InChI is InChI=1S/C23H21N3O7S/c1-31-22(29)14-7-5-13(6-8-14)18-16(10-24)21(26-20(28)19(18)23(30)32-2)34-12-17(27)25-11-15-4-3-9-33-15/h3-9,18-19H,11-12H2,1-2H3,(H,25,27)(H,26,28)/t18-,19+/m0/s1. The number of rotatable bonds is 8. The molecule has 2 amide bonds. The van der Waals surface area contributed by atoms with Gasteiger partial charge in [0.25, 0.3) is 0 Å². The maximum atomic E-state index is 12.8. The summed E-state index contributed by atoms with van der Waals surface area (Å²) in [5.41, 5.74) is 0.825. The molecule has 0 saturated carbocycles. The fraction of sp³-hybridized carbons (Fsp3) is 0.261. The van der Waals surface area contributed by atoms with Gasteiger partial charge in [0.2, 0.25) is 11.8 Å². The maximum Gasteiger partial charge on any atom is 0.337 e. The summed E-state index contributed by atoms with van der Waals surface area (Å²) in [6, 6.07) is 11.5. The Morgan fingerprint density at radius 2 is 1.91 bits per heavy atom. The topological polar surface area (TPSA) is 148 Å². The van der Waals surface area contributed by atoms with Crippen LogP contribution in [0.3, 0.4) is 0 Å². The van der Waals surface area contributed by atoms with Crippen LogP contribution in [0.25, 0.3) is 0 Å². The minimum atomic E-state index is -1.32. The van der Waals surface area contributed by atoms with Crippen LogP contribution in [0.1, 0.15) is 27.6 Å². The van der Waals surface area contributed by atoms with Crippen molar-refractivity contribution < 1.29 is 33.1 Å². The second-order valence-electron chi connectivity index (χ2n) is 7.08. The molecule has 10 nitrogen and oxygen atoms in total. The number of nitriles is 1. The molecule has 1 aromatic carbocycles. The van der Waals surface area contributed by atoms with E-state index in [0.717, 1.165) is 18.9 Å². The number of carbonyl (C=O) groups is 4. The number of hydrogen-bond donors (Lipinski definition) is 2. The predicted octanol–water partition coefficient (Wildman–Crippen LogP) is 1.85. The van der Waals surface area contributed by atoms with E-state index in [0.29, 0.717) is 11.3 Å². The summed E-state index contributed by atoms with van der Waals surface area (Å²) >= 11 is 0.967. The van der Waals surface area contributed by atoms with E-state index in [1.807, 2.05) is 0 Å². The van der Waals surface area contributed by atoms with E-state index in [2.05, 4.69) is 21.4 Å². The number of benzene rings is 1. The summed E-state index contributed by atoms with van der Waals surface area (Å²) in [5, 5.41) is 15.3. The number of carbonyl (C=O) groups excluding carboxylic acids is 4.